The van der Waals surface area contributed by atoms with Crippen LogP contribution in [0.5, 0.6) is 0 Å². The summed E-state index contributed by atoms with van der Waals surface area (Å²) in [5, 5.41) is 0. The monoisotopic (exact) mass is 435 g/mol. The third-order valence-electron chi connectivity index (χ3n) is 6.86. The van der Waals surface area contributed by atoms with Crippen LogP contribution in [0.15, 0.2) is 60.7 Å². The lowest BCUT2D eigenvalue weighted by Gasteiger charge is -2.46. The number of nitrogens with two attached hydrogens (primary N) is 1. The maximum Gasteiger partial charge on any atom is 0.0234 e. The Kier molecular flexibility index (Phi) is 9.45. The van der Waals surface area contributed by atoms with Gasteiger partial charge in [0.1, 0.15) is 0 Å². The zero-order valence-electron chi connectivity index (χ0n) is 17.2. The van der Waals surface area contributed by atoms with Crippen LogP contribution in [-0.2, 0) is 12.0 Å². The molecule has 4 rings (SSSR count). The lowest BCUT2D eigenvalue weighted by molar-refractivity contribution is 0.0629. The molecule has 0 bridgehead atoms. The smallest absolute Gasteiger partial charge is 0.0234 e. The highest BCUT2D eigenvalue weighted by molar-refractivity contribution is 5.85. The Hall–Kier alpha value is -1.10. The van der Waals surface area contributed by atoms with Crippen LogP contribution in [0, 0.1) is 0 Å². The number of halogens is 2. The van der Waals surface area contributed by atoms with Crippen molar-refractivity contribution in [1.29, 1.82) is 0 Å². The predicted molar refractivity (Wildman–Crippen MR) is 127 cm³/mol. The van der Waals surface area contributed by atoms with E-state index in [1.54, 1.807) is 0 Å². The predicted octanol–water partition coefficient (Wildman–Crippen LogP) is 4.49. The van der Waals surface area contributed by atoms with Crippen molar-refractivity contribution in [3.8, 4) is 0 Å². The molecular weight excluding hydrogens is 401 g/mol. The van der Waals surface area contributed by atoms with Crippen molar-refractivity contribution >= 4 is 24.8 Å². The second kappa shape index (κ2) is 11.3. The summed E-state index contributed by atoms with van der Waals surface area (Å²) in [5.41, 5.74) is 9.34. The number of benzene rings is 2. The minimum absolute atomic E-state index is 0. The second-order valence-corrected chi connectivity index (χ2v) is 8.38. The molecule has 29 heavy (non-hydrogen) atoms. The van der Waals surface area contributed by atoms with E-state index >= 15 is 0 Å². The van der Waals surface area contributed by atoms with Crippen LogP contribution < -0.4 is 5.73 Å². The molecule has 0 atom stereocenters. The van der Waals surface area contributed by atoms with Crippen molar-refractivity contribution in [3.05, 3.63) is 71.8 Å². The van der Waals surface area contributed by atoms with Crippen LogP contribution in [0.25, 0.3) is 0 Å². The first-order chi connectivity index (χ1) is 13.3. The van der Waals surface area contributed by atoms with Gasteiger partial charge in [-0.05, 0) is 36.8 Å². The topological polar surface area (TPSA) is 32.5 Å². The number of rotatable bonds is 5. The Morgan fingerprint density at radius 3 is 1.90 bits per heavy atom. The Morgan fingerprint density at radius 2 is 1.34 bits per heavy atom. The lowest BCUT2D eigenvalue weighted by atomic mass is 9.68. The van der Waals surface area contributed by atoms with Gasteiger partial charge in [-0.15, -0.1) is 24.8 Å². The molecule has 5 heteroatoms. The largest absolute Gasteiger partial charge is 0.330 e. The van der Waals surface area contributed by atoms with Gasteiger partial charge in [-0.25, -0.2) is 0 Å². The van der Waals surface area contributed by atoms with Crippen molar-refractivity contribution in [2.45, 2.75) is 43.7 Å². The van der Waals surface area contributed by atoms with Gasteiger partial charge in [0.05, 0.1) is 0 Å². The van der Waals surface area contributed by atoms with Crippen LogP contribution in [0.4, 0.5) is 0 Å². The fraction of sp³-hybridized carbons (Fsp3) is 0.500. The van der Waals surface area contributed by atoms with E-state index in [2.05, 4.69) is 70.5 Å². The third kappa shape index (κ3) is 5.74. The van der Waals surface area contributed by atoms with Gasteiger partial charge in [-0.3, -0.25) is 9.80 Å². The summed E-state index contributed by atoms with van der Waals surface area (Å²) >= 11 is 0. The molecule has 0 unspecified atom stereocenters. The molecule has 1 aliphatic carbocycles. The Labute approximate surface area is 188 Å². The van der Waals surface area contributed by atoms with E-state index in [1.807, 2.05) is 0 Å². The van der Waals surface area contributed by atoms with Crippen LogP contribution in [0.1, 0.15) is 36.8 Å². The quantitative estimate of drug-likeness (QED) is 0.750. The van der Waals surface area contributed by atoms with Crippen LogP contribution in [-0.4, -0.2) is 48.6 Å². The first-order valence-corrected chi connectivity index (χ1v) is 10.5. The van der Waals surface area contributed by atoms with Crippen molar-refractivity contribution in [3.63, 3.8) is 0 Å². The number of piperazine rings is 1. The van der Waals surface area contributed by atoms with Crippen LogP contribution in [0.2, 0.25) is 0 Å². The number of nitrogens with zero attached hydrogens (tertiary/aromatic N) is 2. The highest BCUT2D eigenvalue weighted by atomic mass is 35.5. The number of hydrogen-bond acceptors (Lipinski definition) is 3. The molecule has 2 N–H and O–H groups in total. The molecule has 2 aromatic carbocycles. The molecule has 1 saturated heterocycles. The van der Waals surface area contributed by atoms with Crippen LogP contribution in [0.3, 0.4) is 0 Å². The summed E-state index contributed by atoms with van der Waals surface area (Å²) in [4.78, 5) is 5.34. The van der Waals surface area contributed by atoms with Gasteiger partial charge in [0.15, 0.2) is 0 Å². The molecule has 1 aliphatic heterocycles. The highest BCUT2D eigenvalue weighted by Gasteiger charge is 2.37. The van der Waals surface area contributed by atoms with E-state index in [0.717, 1.165) is 19.1 Å². The van der Waals surface area contributed by atoms with Gasteiger partial charge in [-0.2, -0.15) is 0 Å². The summed E-state index contributed by atoms with van der Waals surface area (Å²) < 4.78 is 0. The fourth-order valence-corrected chi connectivity index (χ4v) is 5.05. The van der Waals surface area contributed by atoms with E-state index in [-0.39, 0.29) is 30.2 Å². The van der Waals surface area contributed by atoms with E-state index < -0.39 is 0 Å². The van der Waals surface area contributed by atoms with Gasteiger partial charge >= 0.3 is 0 Å². The Balaban J connectivity index is 0.00000150. The normalized spacial score (nSPS) is 25.6. The average Bonchev–Trinajstić information content (AvgIpc) is 2.76. The SMILES string of the molecule is Cl.Cl.NC[C@]1(c2ccccc2)CC[C@H](N2CCN(Cc3ccccc3)CC2)CC1. The zero-order valence-corrected chi connectivity index (χ0v) is 18.8. The Bertz CT molecular complexity index is 695. The lowest BCUT2D eigenvalue weighted by Crippen LogP contribution is -2.52. The molecule has 2 fully saturated rings. The molecular formula is C24H35Cl2N3. The molecule has 3 nitrogen and oxygen atoms in total. The summed E-state index contributed by atoms with van der Waals surface area (Å²) in [6.07, 6.45) is 5.01. The van der Waals surface area contributed by atoms with Gasteiger partial charge in [0.25, 0.3) is 0 Å². The fourth-order valence-electron chi connectivity index (χ4n) is 5.05. The molecule has 1 heterocycles. The minimum Gasteiger partial charge on any atom is -0.330 e. The summed E-state index contributed by atoms with van der Waals surface area (Å²) in [6.45, 7) is 6.65. The molecule has 2 aliphatic rings. The van der Waals surface area contributed by atoms with E-state index in [9.17, 15) is 0 Å². The van der Waals surface area contributed by atoms with Crippen molar-refractivity contribution in [2.24, 2.45) is 5.73 Å². The molecule has 160 valence electrons. The maximum absolute atomic E-state index is 6.27. The molecule has 0 spiro atoms. The van der Waals surface area contributed by atoms with Crippen molar-refractivity contribution in [1.82, 2.24) is 9.80 Å². The molecule has 0 amide bonds. The Morgan fingerprint density at radius 1 is 0.793 bits per heavy atom. The first kappa shape index (κ1) is 24.2. The van der Waals surface area contributed by atoms with Crippen LogP contribution >= 0.6 is 24.8 Å². The van der Waals surface area contributed by atoms with Crippen molar-refractivity contribution < 1.29 is 0 Å². The summed E-state index contributed by atoms with van der Waals surface area (Å²) in [6, 6.07) is 22.6. The first-order valence-electron chi connectivity index (χ1n) is 10.5. The highest BCUT2D eigenvalue weighted by Crippen LogP contribution is 2.40. The van der Waals surface area contributed by atoms with E-state index in [1.165, 1.54) is 63.0 Å². The minimum atomic E-state index is 0. The standard InChI is InChI=1S/C24H33N3.2ClH/c25-20-24(22-9-5-2-6-10-22)13-11-23(12-14-24)27-17-15-26(16-18-27)19-21-7-3-1-4-8-21;;/h1-10,23H,11-20,25H2;2*1H/t23-,24-;;. The van der Waals surface area contributed by atoms with E-state index in [0.29, 0.717) is 0 Å². The van der Waals surface area contributed by atoms with E-state index in [4.69, 9.17) is 5.73 Å². The molecule has 1 saturated carbocycles. The van der Waals surface area contributed by atoms with Crippen molar-refractivity contribution in [2.75, 3.05) is 32.7 Å². The van der Waals surface area contributed by atoms with Gasteiger partial charge in [0.2, 0.25) is 0 Å². The molecule has 0 aromatic heterocycles. The zero-order chi connectivity index (χ0) is 18.5. The average molecular weight is 436 g/mol. The summed E-state index contributed by atoms with van der Waals surface area (Å²) in [7, 11) is 0. The second-order valence-electron chi connectivity index (χ2n) is 8.38. The molecule has 2 aromatic rings. The van der Waals surface area contributed by atoms with Gasteiger partial charge < -0.3 is 5.73 Å². The van der Waals surface area contributed by atoms with Gasteiger partial charge in [0, 0.05) is 50.7 Å². The number of hydrogen-bond donors (Lipinski definition) is 1. The maximum atomic E-state index is 6.27. The van der Waals surface area contributed by atoms with Gasteiger partial charge in [-0.1, -0.05) is 60.7 Å². The third-order valence-corrected chi connectivity index (χ3v) is 6.86. The summed E-state index contributed by atoms with van der Waals surface area (Å²) in [5.74, 6) is 0. The molecule has 0 radical (unpaired) electrons.